The van der Waals surface area contributed by atoms with Crippen molar-refractivity contribution < 1.29 is 9.21 Å². The Bertz CT molecular complexity index is 329. The van der Waals surface area contributed by atoms with Crippen LogP contribution in [0.1, 0.15) is 22.8 Å². The lowest BCUT2D eigenvalue weighted by molar-refractivity contribution is 0.0905. The summed E-state index contributed by atoms with van der Waals surface area (Å²) >= 11 is 0. The zero-order valence-corrected chi connectivity index (χ0v) is 8.04. The van der Waals surface area contributed by atoms with Crippen molar-refractivity contribution in [3.63, 3.8) is 0 Å². The van der Waals surface area contributed by atoms with Gasteiger partial charge >= 0.3 is 5.91 Å². The molecule has 5 nitrogen and oxygen atoms in total. The van der Waals surface area contributed by atoms with Gasteiger partial charge in [0.05, 0.1) is 5.69 Å². The zero-order chi connectivity index (χ0) is 9.97. The molecule has 14 heavy (non-hydrogen) atoms. The van der Waals surface area contributed by atoms with Crippen LogP contribution in [-0.4, -0.2) is 30.0 Å². The summed E-state index contributed by atoms with van der Waals surface area (Å²) in [4.78, 5) is 15.5. The minimum Gasteiger partial charge on any atom is -0.441 e. The van der Waals surface area contributed by atoms with E-state index in [9.17, 15) is 4.79 Å². The monoisotopic (exact) mass is 195 g/mol. The van der Waals surface area contributed by atoms with E-state index in [1.54, 1.807) is 6.92 Å². The van der Waals surface area contributed by atoms with Crippen molar-refractivity contribution in [1.82, 2.24) is 15.6 Å². The minimum atomic E-state index is -0.230. The van der Waals surface area contributed by atoms with Gasteiger partial charge < -0.3 is 15.1 Å². The van der Waals surface area contributed by atoms with Gasteiger partial charge in [-0.05, 0) is 19.9 Å². The summed E-state index contributed by atoms with van der Waals surface area (Å²) < 4.78 is 4.99. The Balaban J connectivity index is 1.95. The van der Waals surface area contributed by atoms with Gasteiger partial charge in [0.15, 0.2) is 0 Å². The first kappa shape index (κ1) is 9.21. The highest BCUT2D eigenvalue weighted by Gasteiger charge is 2.19. The van der Waals surface area contributed by atoms with E-state index in [0.717, 1.165) is 25.2 Å². The molecule has 0 aliphatic carbocycles. The third-order valence-electron chi connectivity index (χ3n) is 2.21. The van der Waals surface area contributed by atoms with Gasteiger partial charge in [0, 0.05) is 12.6 Å². The number of carbonyl (C=O) groups excluding carboxylic acids is 1. The summed E-state index contributed by atoms with van der Waals surface area (Å²) in [6.07, 6.45) is 2.44. The average molecular weight is 195 g/mol. The number of aromatic nitrogens is 1. The van der Waals surface area contributed by atoms with Crippen LogP contribution in [0.25, 0.3) is 0 Å². The molecular formula is C9H13N3O2. The van der Waals surface area contributed by atoms with Crippen molar-refractivity contribution in [2.24, 2.45) is 0 Å². The van der Waals surface area contributed by atoms with E-state index in [2.05, 4.69) is 15.6 Å². The van der Waals surface area contributed by atoms with Crippen molar-refractivity contribution in [2.45, 2.75) is 19.4 Å². The highest BCUT2D eigenvalue weighted by molar-refractivity contribution is 5.89. The van der Waals surface area contributed by atoms with Crippen LogP contribution >= 0.6 is 0 Å². The van der Waals surface area contributed by atoms with Crippen LogP contribution in [0.2, 0.25) is 0 Å². The van der Waals surface area contributed by atoms with E-state index in [0.29, 0.717) is 0 Å². The molecule has 0 saturated carbocycles. The number of nitrogens with zero attached hydrogens (tertiary/aromatic N) is 1. The largest absolute Gasteiger partial charge is 0.441 e. The second kappa shape index (κ2) is 3.79. The fourth-order valence-corrected chi connectivity index (χ4v) is 1.48. The van der Waals surface area contributed by atoms with E-state index in [-0.39, 0.29) is 17.8 Å². The molecular weight excluding hydrogens is 182 g/mol. The predicted molar refractivity (Wildman–Crippen MR) is 50.0 cm³/mol. The Morgan fingerprint density at radius 1 is 1.79 bits per heavy atom. The van der Waals surface area contributed by atoms with E-state index in [4.69, 9.17) is 4.42 Å². The first-order valence-corrected chi connectivity index (χ1v) is 4.69. The van der Waals surface area contributed by atoms with Crippen molar-refractivity contribution in [3.8, 4) is 0 Å². The molecule has 76 valence electrons. The number of oxazole rings is 1. The molecule has 1 amide bonds. The van der Waals surface area contributed by atoms with Crippen LogP contribution in [0, 0.1) is 6.92 Å². The number of hydrogen-bond donors (Lipinski definition) is 2. The smallest absolute Gasteiger partial charge is 0.307 e. The van der Waals surface area contributed by atoms with Crippen molar-refractivity contribution in [3.05, 3.63) is 17.8 Å². The summed E-state index contributed by atoms with van der Waals surface area (Å²) in [6, 6.07) is 0.203. The molecule has 1 atom stereocenters. The van der Waals surface area contributed by atoms with Crippen molar-refractivity contribution in [2.75, 3.05) is 13.1 Å². The molecule has 2 rings (SSSR count). The maximum atomic E-state index is 11.5. The van der Waals surface area contributed by atoms with Gasteiger partial charge in [-0.2, -0.15) is 0 Å². The molecule has 1 aliphatic heterocycles. The summed E-state index contributed by atoms with van der Waals surface area (Å²) in [5, 5.41) is 6.02. The van der Waals surface area contributed by atoms with Gasteiger partial charge in [0.1, 0.15) is 6.26 Å². The fraction of sp³-hybridized carbons (Fsp3) is 0.556. The Hall–Kier alpha value is -1.36. The Morgan fingerprint density at radius 3 is 3.21 bits per heavy atom. The summed E-state index contributed by atoms with van der Waals surface area (Å²) in [5.41, 5.74) is 0.722. The van der Waals surface area contributed by atoms with E-state index < -0.39 is 0 Å². The average Bonchev–Trinajstić information content (AvgIpc) is 2.75. The number of rotatable bonds is 2. The highest BCUT2D eigenvalue weighted by Crippen LogP contribution is 2.02. The summed E-state index contributed by atoms with van der Waals surface area (Å²) in [7, 11) is 0. The third kappa shape index (κ3) is 1.93. The number of amides is 1. The lowest BCUT2D eigenvalue weighted by atomic mass is 10.2. The SMILES string of the molecule is Cc1coc(C(=O)NC2CCNC2)n1. The molecule has 2 N–H and O–H groups in total. The molecule has 1 unspecified atom stereocenters. The third-order valence-corrected chi connectivity index (χ3v) is 2.21. The van der Waals surface area contributed by atoms with Crippen LogP contribution in [0.15, 0.2) is 10.7 Å². The molecule has 2 heterocycles. The van der Waals surface area contributed by atoms with Crippen LogP contribution in [-0.2, 0) is 0 Å². The molecule has 1 saturated heterocycles. The Labute approximate surface area is 81.9 Å². The number of hydrogen-bond acceptors (Lipinski definition) is 4. The van der Waals surface area contributed by atoms with Gasteiger partial charge in [-0.25, -0.2) is 4.98 Å². The van der Waals surface area contributed by atoms with Gasteiger partial charge in [0.25, 0.3) is 5.89 Å². The molecule has 0 aromatic carbocycles. The Morgan fingerprint density at radius 2 is 2.64 bits per heavy atom. The second-order valence-corrected chi connectivity index (χ2v) is 3.46. The number of carbonyl (C=O) groups is 1. The molecule has 0 radical (unpaired) electrons. The van der Waals surface area contributed by atoms with Crippen molar-refractivity contribution in [1.29, 1.82) is 0 Å². The molecule has 1 aromatic rings. The van der Waals surface area contributed by atoms with Crippen LogP contribution in [0.5, 0.6) is 0 Å². The summed E-state index contributed by atoms with van der Waals surface area (Å²) in [6.45, 7) is 3.57. The number of aryl methyl sites for hydroxylation is 1. The van der Waals surface area contributed by atoms with Gasteiger partial charge in [-0.3, -0.25) is 4.79 Å². The second-order valence-electron chi connectivity index (χ2n) is 3.46. The predicted octanol–water partition coefficient (Wildman–Crippen LogP) is 0.0747. The van der Waals surface area contributed by atoms with Gasteiger partial charge in [-0.15, -0.1) is 0 Å². The highest BCUT2D eigenvalue weighted by atomic mass is 16.4. The molecule has 5 heteroatoms. The van der Waals surface area contributed by atoms with Crippen LogP contribution < -0.4 is 10.6 Å². The zero-order valence-electron chi connectivity index (χ0n) is 8.04. The molecule has 1 fully saturated rings. The first-order valence-electron chi connectivity index (χ1n) is 4.69. The number of nitrogens with one attached hydrogen (secondary N) is 2. The van der Waals surface area contributed by atoms with Gasteiger partial charge in [-0.1, -0.05) is 0 Å². The topological polar surface area (TPSA) is 67.2 Å². The lowest BCUT2D eigenvalue weighted by Crippen LogP contribution is -2.36. The molecule has 1 aliphatic rings. The van der Waals surface area contributed by atoms with Gasteiger partial charge in [0.2, 0.25) is 0 Å². The van der Waals surface area contributed by atoms with E-state index >= 15 is 0 Å². The molecule has 1 aromatic heterocycles. The first-order chi connectivity index (χ1) is 6.75. The molecule has 0 spiro atoms. The quantitative estimate of drug-likeness (QED) is 0.701. The van der Waals surface area contributed by atoms with Crippen molar-refractivity contribution >= 4 is 5.91 Å². The van der Waals surface area contributed by atoms with Crippen LogP contribution in [0.4, 0.5) is 0 Å². The standard InChI is InChI=1S/C9H13N3O2/c1-6-5-14-9(11-6)8(13)12-7-2-3-10-4-7/h5,7,10H,2-4H2,1H3,(H,12,13). The lowest BCUT2D eigenvalue weighted by Gasteiger charge is -2.08. The summed E-state index contributed by atoms with van der Waals surface area (Å²) in [5.74, 6) is -0.0822. The Kier molecular flexibility index (Phi) is 2.49. The van der Waals surface area contributed by atoms with E-state index in [1.165, 1.54) is 6.26 Å². The minimum absolute atomic E-state index is 0.148. The van der Waals surface area contributed by atoms with E-state index in [1.807, 2.05) is 0 Å². The fourth-order valence-electron chi connectivity index (χ4n) is 1.48. The normalized spacial score (nSPS) is 21.1. The maximum Gasteiger partial charge on any atom is 0.307 e. The maximum absolute atomic E-state index is 11.5. The molecule has 0 bridgehead atoms. The van der Waals surface area contributed by atoms with Crippen LogP contribution in [0.3, 0.4) is 0 Å².